The molecule has 0 spiro atoms. The van der Waals surface area contributed by atoms with E-state index in [9.17, 15) is 13.2 Å². The first-order valence-electron chi connectivity index (χ1n) is 9.25. The quantitative estimate of drug-likeness (QED) is 0.534. The average Bonchev–Trinajstić information content (AvgIpc) is 3.21. The van der Waals surface area contributed by atoms with Gasteiger partial charge in [0.25, 0.3) is 5.91 Å². The van der Waals surface area contributed by atoms with E-state index in [0.29, 0.717) is 35.8 Å². The molecule has 0 saturated carbocycles. The minimum atomic E-state index is -3.80. The minimum absolute atomic E-state index is 0.107. The summed E-state index contributed by atoms with van der Waals surface area (Å²) in [6.07, 6.45) is 2.52. The molecule has 7 nitrogen and oxygen atoms in total. The van der Waals surface area contributed by atoms with E-state index in [-0.39, 0.29) is 11.4 Å². The zero-order valence-electron chi connectivity index (χ0n) is 15.9. The SMILES string of the molecule is CCOc1ccccc1/C=N\NC(=O)[C@@H]1CCCN1S(=O)(=O)c1ccc(Cl)cc1. The van der Waals surface area contributed by atoms with Gasteiger partial charge in [0.05, 0.1) is 17.7 Å². The largest absolute Gasteiger partial charge is 0.493 e. The highest BCUT2D eigenvalue weighted by Gasteiger charge is 2.39. The van der Waals surface area contributed by atoms with Crippen LogP contribution in [0, 0.1) is 0 Å². The number of rotatable bonds is 7. The van der Waals surface area contributed by atoms with Gasteiger partial charge in [-0.1, -0.05) is 23.7 Å². The van der Waals surface area contributed by atoms with Crippen LogP contribution < -0.4 is 10.2 Å². The Kier molecular flexibility index (Phi) is 6.89. The Labute approximate surface area is 175 Å². The lowest BCUT2D eigenvalue weighted by Crippen LogP contribution is -2.44. The second-order valence-electron chi connectivity index (χ2n) is 6.43. The van der Waals surface area contributed by atoms with E-state index in [0.717, 1.165) is 0 Å². The van der Waals surface area contributed by atoms with E-state index in [1.807, 2.05) is 31.2 Å². The maximum absolute atomic E-state index is 12.9. The first-order valence-corrected chi connectivity index (χ1v) is 11.1. The van der Waals surface area contributed by atoms with E-state index >= 15 is 0 Å². The molecule has 3 rings (SSSR count). The molecule has 2 aromatic rings. The van der Waals surface area contributed by atoms with Crippen LogP contribution in [-0.2, 0) is 14.8 Å². The molecule has 1 fully saturated rings. The molecule has 1 aliphatic rings. The van der Waals surface area contributed by atoms with Crippen molar-refractivity contribution in [3.05, 3.63) is 59.1 Å². The predicted molar refractivity (Wildman–Crippen MR) is 112 cm³/mol. The Hall–Kier alpha value is -2.42. The lowest BCUT2D eigenvalue weighted by molar-refractivity contribution is -0.124. The van der Waals surface area contributed by atoms with Crippen molar-refractivity contribution in [3.63, 3.8) is 0 Å². The molecule has 0 unspecified atom stereocenters. The van der Waals surface area contributed by atoms with Crippen LogP contribution in [0.15, 0.2) is 58.5 Å². The molecule has 0 bridgehead atoms. The smallest absolute Gasteiger partial charge is 0.258 e. The van der Waals surface area contributed by atoms with Crippen LogP contribution in [0.1, 0.15) is 25.3 Å². The highest BCUT2D eigenvalue weighted by Crippen LogP contribution is 2.27. The molecule has 1 amide bonds. The van der Waals surface area contributed by atoms with Crippen molar-refractivity contribution in [2.75, 3.05) is 13.2 Å². The van der Waals surface area contributed by atoms with Crippen LogP contribution in [0.3, 0.4) is 0 Å². The van der Waals surface area contributed by atoms with Crippen LogP contribution in [0.4, 0.5) is 0 Å². The Bertz CT molecular complexity index is 993. The first-order chi connectivity index (χ1) is 13.9. The maximum atomic E-state index is 12.9. The van der Waals surface area contributed by atoms with Crippen LogP contribution in [0.2, 0.25) is 5.02 Å². The summed E-state index contributed by atoms with van der Waals surface area (Å²) in [4.78, 5) is 12.7. The molecule has 154 valence electrons. The standard InChI is InChI=1S/C20H22ClN3O4S/c1-2-28-19-8-4-3-6-15(19)14-22-23-20(25)18-7-5-13-24(18)29(26,27)17-11-9-16(21)10-12-17/h3-4,6,8-12,14,18H,2,5,7,13H2,1H3,(H,23,25)/b22-14-/t18-/m0/s1. The summed E-state index contributed by atoms with van der Waals surface area (Å²) in [5, 5.41) is 4.43. The van der Waals surface area contributed by atoms with Gasteiger partial charge in [-0.25, -0.2) is 13.8 Å². The Morgan fingerprint density at radius 2 is 2.00 bits per heavy atom. The molecular weight excluding hydrogens is 414 g/mol. The van der Waals surface area contributed by atoms with E-state index in [2.05, 4.69) is 10.5 Å². The second kappa shape index (κ2) is 9.39. The van der Waals surface area contributed by atoms with Crippen molar-refractivity contribution >= 4 is 33.7 Å². The number of hydrogen-bond donors (Lipinski definition) is 1. The van der Waals surface area contributed by atoms with Crippen molar-refractivity contribution < 1.29 is 17.9 Å². The topological polar surface area (TPSA) is 88.1 Å². The fraction of sp³-hybridized carbons (Fsp3) is 0.300. The highest BCUT2D eigenvalue weighted by molar-refractivity contribution is 7.89. The predicted octanol–water partition coefficient (Wildman–Crippen LogP) is 3.04. The molecule has 1 atom stereocenters. The van der Waals surface area contributed by atoms with Crippen molar-refractivity contribution in [2.45, 2.75) is 30.7 Å². The summed E-state index contributed by atoms with van der Waals surface area (Å²) in [6, 6.07) is 12.4. The number of halogens is 1. The van der Waals surface area contributed by atoms with Crippen LogP contribution in [-0.4, -0.2) is 44.0 Å². The molecule has 9 heteroatoms. The fourth-order valence-corrected chi connectivity index (χ4v) is 4.93. The Morgan fingerprint density at radius 1 is 1.28 bits per heavy atom. The van der Waals surface area contributed by atoms with E-state index in [1.54, 1.807) is 0 Å². The van der Waals surface area contributed by atoms with Gasteiger partial charge in [0.2, 0.25) is 10.0 Å². The summed E-state index contributed by atoms with van der Waals surface area (Å²) in [5.74, 6) is 0.186. The monoisotopic (exact) mass is 435 g/mol. The number of hydrazone groups is 1. The van der Waals surface area contributed by atoms with Gasteiger partial charge in [0.1, 0.15) is 11.8 Å². The number of ether oxygens (including phenoxy) is 1. The van der Waals surface area contributed by atoms with Crippen LogP contribution in [0.25, 0.3) is 0 Å². The summed E-state index contributed by atoms with van der Waals surface area (Å²) in [6.45, 7) is 2.67. The molecule has 0 aliphatic carbocycles. The van der Waals surface area contributed by atoms with E-state index in [1.165, 1.54) is 34.8 Å². The zero-order valence-corrected chi connectivity index (χ0v) is 17.5. The number of nitrogens with zero attached hydrogens (tertiary/aromatic N) is 2. The van der Waals surface area contributed by atoms with Gasteiger partial charge in [0, 0.05) is 17.1 Å². The third-order valence-corrected chi connectivity index (χ3v) is 6.70. The minimum Gasteiger partial charge on any atom is -0.493 e. The molecule has 2 aromatic carbocycles. The molecular formula is C20H22ClN3O4S. The fourth-order valence-electron chi connectivity index (χ4n) is 3.15. The van der Waals surface area contributed by atoms with Crippen molar-refractivity contribution in [1.82, 2.24) is 9.73 Å². The molecule has 0 aromatic heterocycles. The van der Waals surface area contributed by atoms with Crippen molar-refractivity contribution in [3.8, 4) is 5.75 Å². The number of amides is 1. The third kappa shape index (κ3) is 4.95. The molecule has 1 N–H and O–H groups in total. The van der Waals surface area contributed by atoms with Gasteiger partial charge in [-0.3, -0.25) is 4.79 Å². The van der Waals surface area contributed by atoms with Gasteiger partial charge >= 0.3 is 0 Å². The lowest BCUT2D eigenvalue weighted by atomic mass is 10.2. The number of para-hydroxylation sites is 1. The van der Waals surface area contributed by atoms with E-state index in [4.69, 9.17) is 16.3 Å². The average molecular weight is 436 g/mol. The normalized spacial score (nSPS) is 17.5. The van der Waals surface area contributed by atoms with Crippen molar-refractivity contribution in [2.24, 2.45) is 5.10 Å². The third-order valence-electron chi connectivity index (χ3n) is 4.52. The molecule has 1 aliphatic heterocycles. The number of hydrogen-bond acceptors (Lipinski definition) is 5. The maximum Gasteiger partial charge on any atom is 0.258 e. The molecule has 0 radical (unpaired) electrons. The van der Waals surface area contributed by atoms with Gasteiger partial charge in [-0.2, -0.15) is 9.41 Å². The van der Waals surface area contributed by atoms with Gasteiger partial charge in [0.15, 0.2) is 0 Å². The van der Waals surface area contributed by atoms with Gasteiger partial charge in [-0.05, 0) is 56.2 Å². The number of carbonyl (C=O) groups excluding carboxylic acids is 1. The Morgan fingerprint density at radius 3 is 2.72 bits per heavy atom. The van der Waals surface area contributed by atoms with Crippen molar-refractivity contribution in [1.29, 1.82) is 0 Å². The first kappa shape index (κ1) is 21.3. The molecule has 1 heterocycles. The van der Waals surface area contributed by atoms with Gasteiger partial charge < -0.3 is 4.74 Å². The summed E-state index contributed by atoms with van der Waals surface area (Å²) < 4.78 is 32.6. The zero-order chi connectivity index (χ0) is 20.9. The summed E-state index contributed by atoms with van der Waals surface area (Å²) in [5.41, 5.74) is 3.17. The van der Waals surface area contributed by atoms with E-state index < -0.39 is 22.0 Å². The summed E-state index contributed by atoms with van der Waals surface area (Å²) in [7, 11) is -3.80. The van der Waals surface area contributed by atoms with Crippen LogP contribution >= 0.6 is 11.6 Å². The molecule has 29 heavy (non-hydrogen) atoms. The lowest BCUT2D eigenvalue weighted by Gasteiger charge is -2.22. The van der Waals surface area contributed by atoms with Crippen LogP contribution in [0.5, 0.6) is 5.75 Å². The second-order valence-corrected chi connectivity index (χ2v) is 8.76. The Balaban J connectivity index is 1.71. The molecule has 1 saturated heterocycles. The number of benzene rings is 2. The van der Waals surface area contributed by atoms with Gasteiger partial charge in [-0.15, -0.1) is 0 Å². The highest BCUT2D eigenvalue weighted by atomic mass is 35.5. The summed E-state index contributed by atoms with van der Waals surface area (Å²) >= 11 is 5.84. The number of nitrogens with one attached hydrogen (secondary N) is 1. The number of sulfonamides is 1. The number of carbonyl (C=O) groups is 1.